The molecule has 1 aliphatic heterocycles. The number of imidazole rings is 1. The van der Waals surface area contributed by atoms with Crippen LogP contribution in [0.3, 0.4) is 0 Å². The molecule has 0 spiro atoms. The third kappa shape index (κ3) is 3.40. The number of nitrogens with one attached hydrogen (secondary N) is 1. The van der Waals surface area contributed by atoms with Gasteiger partial charge in [0, 0.05) is 32.3 Å². The highest BCUT2D eigenvalue weighted by Gasteiger charge is 2.19. The Morgan fingerprint density at radius 1 is 1.53 bits per heavy atom. The second-order valence-corrected chi connectivity index (χ2v) is 4.78. The van der Waals surface area contributed by atoms with Crippen molar-refractivity contribution in [1.29, 1.82) is 0 Å². The zero-order valence-corrected chi connectivity index (χ0v) is 10.5. The molecule has 1 unspecified atom stereocenters. The first-order valence-corrected chi connectivity index (χ1v) is 6.49. The number of rotatable bonds is 4. The summed E-state index contributed by atoms with van der Waals surface area (Å²) in [6, 6.07) is 0.0813. The van der Waals surface area contributed by atoms with Gasteiger partial charge in [0.2, 0.25) is 0 Å². The van der Waals surface area contributed by atoms with Crippen LogP contribution in [0.15, 0.2) is 12.4 Å². The van der Waals surface area contributed by atoms with Crippen molar-refractivity contribution in [2.45, 2.75) is 44.6 Å². The Morgan fingerprint density at radius 3 is 3.18 bits per heavy atom. The van der Waals surface area contributed by atoms with Crippen LogP contribution >= 0.6 is 0 Å². The second kappa shape index (κ2) is 5.96. The number of nitrogens with zero attached hydrogens (tertiary/aromatic N) is 2. The standard InChI is InChI=1S/C13H21N3O/c1-16-10-9-15-13(16)7-6-12(17)11-5-3-2-4-8-14-11/h9-11,14H,2-8H2,1H3. The van der Waals surface area contributed by atoms with Gasteiger partial charge in [0.25, 0.3) is 0 Å². The summed E-state index contributed by atoms with van der Waals surface area (Å²) >= 11 is 0. The maximum atomic E-state index is 12.1. The Kier molecular flexibility index (Phi) is 4.31. The van der Waals surface area contributed by atoms with Gasteiger partial charge in [-0.2, -0.15) is 0 Å². The Balaban J connectivity index is 1.82. The number of carbonyl (C=O) groups is 1. The topological polar surface area (TPSA) is 46.9 Å². The van der Waals surface area contributed by atoms with E-state index in [0.29, 0.717) is 12.2 Å². The van der Waals surface area contributed by atoms with Crippen LogP contribution < -0.4 is 5.32 Å². The Morgan fingerprint density at radius 2 is 2.41 bits per heavy atom. The molecule has 1 aliphatic rings. The number of Topliss-reactive ketones (excluding diaryl/α,β-unsaturated/α-hetero) is 1. The average molecular weight is 235 g/mol. The summed E-state index contributed by atoms with van der Waals surface area (Å²) in [4.78, 5) is 16.3. The number of aromatic nitrogens is 2. The molecular weight excluding hydrogens is 214 g/mol. The van der Waals surface area contributed by atoms with Crippen molar-refractivity contribution in [2.24, 2.45) is 7.05 Å². The second-order valence-electron chi connectivity index (χ2n) is 4.78. The molecule has 1 aromatic rings. The first-order valence-electron chi connectivity index (χ1n) is 6.49. The predicted molar refractivity (Wildman–Crippen MR) is 66.8 cm³/mol. The third-order valence-electron chi connectivity index (χ3n) is 3.46. The van der Waals surface area contributed by atoms with Crippen LogP contribution in [0.25, 0.3) is 0 Å². The molecule has 4 nitrogen and oxygen atoms in total. The quantitative estimate of drug-likeness (QED) is 0.859. The number of aryl methyl sites for hydroxylation is 2. The van der Waals surface area contributed by atoms with Gasteiger partial charge in [-0.05, 0) is 19.4 Å². The van der Waals surface area contributed by atoms with Gasteiger partial charge >= 0.3 is 0 Å². The lowest BCUT2D eigenvalue weighted by molar-refractivity contribution is -0.121. The summed E-state index contributed by atoms with van der Waals surface area (Å²) < 4.78 is 1.98. The summed E-state index contributed by atoms with van der Waals surface area (Å²) in [6.45, 7) is 0.985. The summed E-state index contributed by atoms with van der Waals surface area (Å²) in [7, 11) is 1.97. The van der Waals surface area contributed by atoms with Crippen LogP contribution in [0.5, 0.6) is 0 Å². The average Bonchev–Trinajstić information content (AvgIpc) is 2.58. The SMILES string of the molecule is Cn1ccnc1CCC(=O)C1CCCCCN1. The molecule has 1 N–H and O–H groups in total. The van der Waals surface area contributed by atoms with E-state index in [1.165, 1.54) is 19.3 Å². The highest BCUT2D eigenvalue weighted by Crippen LogP contribution is 2.11. The fraction of sp³-hybridized carbons (Fsp3) is 0.692. The zero-order chi connectivity index (χ0) is 12.1. The lowest BCUT2D eigenvalue weighted by Crippen LogP contribution is -2.36. The van der Waals surface area contributed by atoms with Gasteiger partial charge in [0.05, 0.1) is 6.04 Å². The molecule has 2 heterocycles. The van der Waals surface area contributed by atoms with Crippen LogP contribution in [0, 0.1) is 0 Å². The summed E-state index contributed by atoms with van der Waals surface area (Å²) in [5, 5.41) is 3.35. The molecule has 17 heavy (non-hydrogen) atoms. The van der Waals surface area contributed by atoms with Crippen LogP contribution in [0.1, 0.15) is 37.9 Å². The number of hydrogen-bond acceptors (Lipinski definition) is 3. The van der Waals surface area contributed by atoms with Crippen molar-refractivity contribution in [3.8, 4) is 0 Å². The van der Waals surface area contributed by atoms with Crippen molar-refractivity contribution >= 4 is 5.78 Å². The molecule has 94 valence electrons. The Hall–Kier alpha value is -1.16. The summed E-state index contributed by atoms with van der Waals surface area (Å²) in [5.41, 5.74) is 0. The van der Waals surface area contributed by atoms with Gasteiger partial charge in [0.1, 0.15) is 11.6 Å². The van der Waals surface area contributed by atoms with Crippen molar-refractivity contribution in [1.82, 2.24) is 14.9 Å². The Labute approximate surface area is 102 Å². The van der Waals surface area contributed by atoms with Gasteiger partial charge in [-0.15, -0.1) is 0 Å². The highest BCUT2D eigenvalue weighted by atomic mass is 16.1. The van der Waals surface area contributed by atoms with Gasteiger partial charge in [-0.1, -0.05) is 12.8 Å². The van der Waals surface area contributed by atoms with E-state index in [0.717, 1.165) is 25.2 Å². The van der Waals surface area contributed by atoms with Gasteiger partial charge in [-0.25, -0.2) is 4.98 Å². The molecule has 1 saturated heterocycles. The number of carbonyl (C=O) groups excluding carboxylic acids is 1. The van der Waals surface area contributed by atoms with E-state index in [1.807, 2.05) is 17.8 Å². The van der Waals surface area contributed by atoms with Crippen molar-refractivity contribution in [2.75, 3.05) is 6.54 Å². The maximum absolute atomic E-state index is 12.1. The van der Waals surface area contributed by atoms with E-state index in [2.05, 4.69) is 10.3 Å². The zero-order valence-electron chi connectivity index (χ0n) is 10.5. The van der Waals surface area contributed by atoms with Crippen molar-refractivity contribution in [3.05, 3.63) is 18.2 Å². The summed E-state index contributed by atoms with van der Waals surface area (Å²) in [5.74, 6) is 1.34. The van der Waals surface area contributed by atoms with E-state index in [9.17, 15) is 4.79 Å². The summed E-state index contributed by atoms with van der Waals surface area (Å²) in [6.07, 6.45) is 9.67. The van der Waals surface area contributed by atoms with Crippen LogP contribution in [0.2, 0.25) is 0 Å². The first-order chi connectivity index (χ1) is 8.27. The molecule has 4 heteroatoms. The molecule has 1 aromatic heterocycles. The minimum Gasteiger partial charge on any atom is -0.338 e. The fourth-order valence-electron chi connectivity index (χ4n) is 2.35. The predicted octanol–water partition coefficient (Wildman–Crippen LogP) is 1.45. The number of hydrogen-bond donors (Lipinski definition) is 1. The Bertz CT molecular complexity index is 364. The number of ketones is 1. The first kappa shape index (κ1) is 12.3. The lowest BCUT2D eigenvalue weighted by Gasteiger charge is -2.14. The molecule has 0 bridgehead atoms. The van der Waals surface area contributed by atoms with Gasteiger partial charge in [0.15, 0.2) is 0 Å². The van der Waals surface area contributed by atoms with E-state index in [4.69, 9.17) is 0 Å². The molecular formula is C13H21N3O. The molecule has 1 fully saturated rings. The maximum Gasteiger partial charge on any atom is 0.150 e. The van der Waals surface area contributed by atoms with Crippen LogP contribution in [-0.2, 0) is 18.3 Å². The third-order valence-corrected chi connectivity index (χ3v) is 3.46. The highest BCUT2D eigenvalue weighted by molar-refractivity contribution is 5.84. The normalized spacial score (nSPS) is 21.1. The minimum absolute atomic E-state index is 0.0813. The van der Waals surface area contributed by atoms with Gasteiger partial charge < -0.3 is 9.88 Å². The largest absolute Gasteiger partial charge is 0.338 e. The monoisotopic (exact) mass is 235 g/mol. The van der Waals surface area contributed by atoms with E-state index in [1.54, 1.807) is 6.20 Å². The minimum atomic E-state index is 0.0813. The van der Waals surface area contributed by atoms with Crippen molar-refractivity contribution < 1.29 is 4.79 Å². The van der Waals surface area contributed by atoms with Crippen LogP contribution in [0.4, 0.5) is 0 Å². The molecule has 2 rings (SSSR count). The molecule has 0 amide bonds. The molecule has 0 aromatic carbocycles. The van der Waals surface area contributed by atoms with Gasteiger partial charge in [-0.3, -0.25) is 4.79 Å². The lowest BCUT2D eigenvalue weighted by atomic mass is 10.0. The van der Waals surface area contributed by atoms with E-state index < -0.39 is 0 Å². The van der Waals surface area contributed by atoms with E-state index >= 15 is 0 Å². The van der Waals surface area contributed by atoms with E-state index in [-0.39, 0.29) is 6.04 Å². The molecule has 0 radical (unpaired) electrons. The van der Waals surface area contributed by atoms with Crippen molar-refractivity contribution in [3.63, 3.8) is 0 Å². The fourth-order valence-corrected chi connectivity index (χ4v) is 2.35. The molecule has 0 aliphatic carbocycles. The van der Waals surface area contributed by atoms with Crippen LogP contribution in [-0.4, -0.2) is 27.9 Å². The smallest absolute Gasteiger partial charge is 0.150 e. The molecule has 1 atom stereocenters. The molecule has 0 saturated carbocycles.